The van der Waals surface area contributed by atoms with Gasteiger partial charge >= 0.3 is 5.97 Å². The van der Waals surface area contributed by atoms with E-state index < -0.39 is 33.5 Å². The van der Waals surface area contributed by atoms with E-state index in [1.54, 1.807) is 30.3 Å². The summed E-state index contributed by atoms with van der Waals surface area (Å²) in [6.07, 6.45) is 0.600. The number of hydrogen-bond donors (Lipinski definition) is 0. The molecule has 0 bridgehead atoms. The maximum atomic E-state index is 13.3. The first-order valence-electron chi connectivity index (χ1n) is 8.10. The summed E-state index contributed by atoms with van der Waals surface area (Å²) in [6, 6.07) is 11.1. The Labute approximate surface area is 150 Å². The molecule has 0 spiro atoms. The first-order valence-corrected chi connectivity index (χ1v) is 9.54. The Morgan fingerprint density at radius 3 is 2.27 bits per heavy atom. The molecule has 3 rings (SSSR count). The first-order chi connectivity index (χ1) is 12.4. The Morgan fingerprint density at radius 2 is 1.65 bits per heavy atom. The van der Waals surface area contributed by atoms with Crippen LogP contribution in [0.25, 0.3) is 0 Å². The van der Waals surface area contributed by atoms with Crippen LogP contribution in [-0.2, 0) is 14.8 Å². The molecular formula is C18H17F2NO4S. The molecule has 0 saturated carbocycles. The molecule has 2 aromatic carbocycles. The fourth-order valence-corrected chi connectivity index (χ4v) is 4.29. The summed E-state index contributed by atoms with van der Waals surface area (Å²) in [5.74, 6) is -2.69. The first kappa shape index (κ1) is 18.5. The SMILES string of the molecule is O=C(Oc1ccccc1)C1CCN(S(=O)(=O)c2ccc(F)c(F)c2)CC1. The van der Waals surface area contributed by atoms with E-state index in [9.17, 15) is 22.0 Å². The van der Waals surface area contributed by atoms with Crippen molar-refractivity contribution in [3.63, 3.8) is 0 Å². The largest absolute Gasteiger partial charge is 0.426 e. The number of carbonyl (C=O) groups is 1. The maximum absolute atomic E-state index is 13.3. The van der Waals surface area contributed by atoms with E-state index in [2.05, 4.69) is 0 Å². The lowest BCUT2D eigenvalue weighted by molar-refractivity contribution is -0.140. The zero-order chi connectivity index (χ0) is 18.7. The normalized spacial score (nSPS) is 16.4. The van der Waals surface area contributed by atoms with Crippen molar-refractivity contribution in [2.45, 2.75) is 17.7 Å². The highest BCUT2D eigenvalue weighted by molar-refractivity contribution is 7.89. The van der Waals surface area contributed by atoms with Gasteiger partial charge in [-0.2, -0.15) is 4.31 Å². The monoisotopic (exact) mass is 381 g/mol. The molecule has 138 valence electrons. The van der Waals surface area contributed by atoms with E-state index in [1.807, 2.05) is 0 Å². The molecule has 0 unspecified atom stereocenters. The number of sulfonamides is 1. The highest BCUT2D eigenvalue weighted by Gasteiger charge is 2.33. The Balaban J connectivity index is 1.64. The van der Waals surface area contributed by atoms with Crippen LogP contribution in [0.1, 0.15) is 12.8 Å². The van der Waals surface area contributed by atoms with E-state index in [1.165, 1.54) is 4.31 Å². The van der Waals surface area contributed by atoms with Gasteiger partial charge in [0, 0.05) is 13.1 Å². The lowest BCUT2D eigenvalue weighted by atomic mass is 9.98. The molecular weight excluding hydrogens is 364 g/mol. The van der Waals surface area contributed by atoms with Crippen molar-refractivity contribution in [3.05, 3.63) is 60.2 Å². The van der Waals surface area contributed by atoms with Crippen molar-refractivity contribution in [1.82, 2.24) is 4.31 Å². The molecule has 1 aliphatic heterocycles. The average molecular weight is 381 g/mol. The molecule has 0 aromatic heterocycles. The zero-order valence-corrected chi connectivity index (χ0v) is 14.6. The van der Waals surface area contributed by atoms with Gasteiger partial charge < -0.3 is 4.74 Å². The maximum Gasteiger partial charge on any atom is 0.314 e. The minimum Gasteiger partial charge on any atom is -0.426 e. The van der Waals surface area contributed by atoms with Crippen LogP contribution in [0, 0.1) is 17.6 Å². The van der Waals surface area contributed by atoms with Crippen LogP contribution < -0.4 is 4.74 Å². The Morgan fingerprint density at radius 1 is 1.00 bits per heavy atom. The third-order valence-electron chi connectivity index (χ3n) is 4.28. The van der Waals surface area contributed by atoms with Gasteiger partial charge in [0.05, 0.1) is 10.8 Å². The second kappa shape index (κ2) is 7.51. The van der Waals surface area contributed by atoms with Crippen LogP contribution in [-0.4, -0.2) is 31.8 Å². The number of benzene rings is 2. The number of halogens is 2. The van der Waals surface area contributed by atoms with Crippen LogP contribution in [0.4, 0.5) is 8.78 Å². The number of carbonyl (C=O) groups excluding carboxylic acids is 1. The third kappa shape index (κ3) is 3.91. The number of piperidine rings is 1. The van der Waals surface area contributed by atoms with Crippen molar-refractivity contribution in [2.24, 2.45) is 5.92 Å². The van der Waals surface area contributed by atoms with Gasteiger partial charge in [0.2, 0.25) is 10.0 Å². The fourth-order valence-electron chi connectivity index (χ4n) is 2.81. The van der Waals surface area contributed by atoms with E-state index in [0.29, 0.717) is 24.7 Å². The smallest absolute Gasteiger partial charge is 0.314 e. The molecule has 1 aliphatic rings. The van der Waals surface area contributed by atoms with Crippen LogP contribution in [0.5, 0.6) is 5.75 Å². The van der Waals surface area contributed by atoms with Crippen molar-refractivity contribution >= 4 is 16.0 Å². The molecule has 8 heteroatoms. The Hall–Kier alpha value is -2.32. The van der Waals surface area contributed by atoms with Crippen molar-refractivity contribution in [1.29, 1.82) is 0 Å². The summed E-state index contributed by atoms with van der Waals surface area (Å²) < 4.78 is 57.9. The number of hydrogen-bond acceptors (Lipinski definition) is 4. The number of nitrogens with zero attached hydrogens (tertiary/aromatic N) is 1. The van der Waals surface area contributed by atoms with Crippen molar-refractivity contribution in [2.75, 3.05) is 13.1 Å². The second-order valence-corrected chi connectivity index (χ2v) is 7.93. The molecule has 1 saturated heterocycles. The third-order valence-corrected chi connectivity index (χ3v) is 6.17. The number of rotatable bonds is 4. The van der Waals surface area contributed by atoms with Crippen LogP contribution in [0.3, 0.4) is 0 Å². The minimum absolute atomic E-state index is 0.107. The summed E-state index contributed by atoms with van der Waals surface area (Å²) in [5, 5.41) is 0. The van der Waals surface area contributed by atoms with Gasteiger partial charge in [0.15, 0.2) is 11.6 Å². The van der Waals surface area contributed by atoms with Gasteiger partial charge in [-0.05, 0) is 43.2 Å². The molecule has 1 fully saturated rings. The molecule has 0 amide bonds. The Kier molecular flexibility index (Phi) is 5.33. The zero-order valence-electron chi connectivity index (χ0n) is 13.8. The molecule has 26 heavy (non-hydrogen) atoms. The van der Waals surface area contributed by atoms with Crippen LogP contribution in [0.15, 0.2) is 53.4 Å². The standard InChI is InChI=1S/C18H17F2NO4S/c19-16-7-6-15(12-17(16)20)26(23,24)21-10-8-13(9-11-21)18(22)25-14-4-2-1-3-5-14/h1-7,12-13H,8-11H2. The number of esters is 1. The molecule has 0 atom stereocenters. The Bertz CT molecular complexity index is 895. The van der Waals surface area contributed by atoms with E-state index >= 15 is 0 Å². The van der Waals surface area contributed by atoms with Gasteiger partial charge in [0.1, 0.15) is 5.75 Å². The quantitative estimate of drug-likeness (QED) is 0.603. The van der Waals surface area contributed by atoms with E-state index in [0.717, 1.165) is 12.1 Å². The molecule has 5 nitrogen and oxygen atoms in total. The van der Waals surface area contributed by atoms with E-state index in [-0.39, 0.29) is 18.0 Å². The summed E-state index contributed by atoms with van der Waals surface area (Å²) in [7, 11) is -3.93. The summed E-state index contributed by atoms with van der Waals surface area (Å²) in [4.78, 5) is 11.9. The average Bonchev–Trinajstić information content (AvgIpc) is 2.65. The molecule has 1 heterocycles. The number of para-hydroxylation sites is 1. The molecule has 0 N–H and O–H groups in total. The van der Waals surface area contributed by atoms with Gasteiger partial charge in [-0.25, -0.2) is 17.2 Å². The lowest BCUT2D eigenvalue weighted by Crippen LogP contribution is -2.41. The summed E-state index contributed by atoms with van der Waals surface area (Å²) in [5.41, 5.74) is 0. The fraction of sp³-hybridized carbons (Fsp3) is 0.278. The lowest BCUT2D eigenvalue weighted by Gasteiger charge is -2.30. The molecule has 0 radical (unpaired) electrons. The van der Waals surface area contributed by atoms with Crippen LogP contribution >= 0.6 is 0 Å². The van der Waals surface area contributed by atoms with E-state index in [4.69, 9.17) is 4.74 Å². The number of ether oxygens (including phenoxy) is 1. The summed E-state index contributed by atoms with van der Waals surface area (Å²) in [6.45, 7) is 0.214. The predicted octanol–water partition coefficient (Wildman–Crippen LogP) is 2.97. The highest BCUT2D eigenvalue weighted by atomic mass is 32.2. The van der Waals surface area contributed by atoms with Crippen LogP contribution in [0.2, 0.25) is 0 Å². The molecule has 0 aliphatic carbocycles. The van der Waals surface area contributed by atoms with Gasteiger partial charge in [-0.1, -0.05) is 18.2 Å². The predicted molar refractivity (Wildman–Crippen MR) is 89.9 cm³/mol. The highest BCUT2D eigenvalue weighted by Crippen LogP contribution is 2.26. The van der Waals surface area contributed by atoms with Crippen molar-refractivity contribution < 1.29 is 26.7 Å². The van der Waals surface area contributed by atoms with Gasteiger partial charge in [-0.3, -0.25) is 4.79 Å². The summed E-state index contributed by atoms with van der Waals surface area (Å²) >= 11 is 0. The second-order valence-electron chi connectivity index (χ2n) is 5.99. The topological polar surface area (TPSA) is 63.7 Å². The van der Waals surface area contributed by atoms with Gasteiger partial charge in [-0.15, -0.1) is 0 Å². The van der Waals surface area contributed by atoms with Crippen molar-refractivity contribution in [3.8, 4) is 5.75 Å². The van der Waals surface area contributed by atoms with Gasteiger partial charge in [0.25, 0.3) is 0 Å². The minimum atomic E-state index is -3.93. The molecule has 2 aromatic rings.